The van der Waals surface area contributed by atoms with Gasteiger partial charge in [0.2, 0.25) is 0 Å². The predicted molar refractivity (Wildman–Crippen MR) is 183 cm³/mol. The van der Waals surface area contributed by atoms with E-state index in [0.29, 0.717) is 47.6 Å². The first-order chi connectivity index (χ1) is 21.7. The second-order valence-corrected chi connectivity index (χ2v) is 15.1. The van der Waals surface area contributed by atoms with E-state index in [1.165, 1.54) is 48.8 Å². The van der Waals surface area contributed by atoms with Crippen LogP contribution in [0, 0.1) is 41.9 Å². The topological polar surface area (TPSA) is 69.0 Å². The monoisotopic (exact) mass is 641 g/mol. The van der Waals surface area contributed by atoms with Crippen LogP contribution in [0.25, 0.3) is 0 Å². The fourth-order valence-electron chi connectivity index (χ4n) is 11.2. The lowest BCUT2D eigenvalue weighted by Crippen LogP contribution is -2.63. The Balaban J connectivity index is 0.000000133. The van der Waals surface area contributed by atoms with Gasteiger partial charge in [0, 0.05) is 64.6 Å². The molecule has 4 bridgehead atoms. The van der Waals surface area contributed by atoms with Gasteiger partial charge in [-0.15, -0.1) is 12.4 Å². The maximum atomic E-state index is 10.3. The number of aromatic hydroxyl groups is 1. The number of ether oxygens (including phenoxy) is 2. The number of benzene rings is 2. The standard InChI is InChI=1S/C19H23NO.C18H21NO2.C2H3N.ClH/c1-11-4-6-13-10-15-14-7-5-12(2)18-19(14,8-9-20(15)3)16(13)17(11)21-18;1-10-3-5-12-13-9-11-4-6-14(20)16-15(11)18(12,17(10)21-16)7-8-19(13)2;1-2-3;/h4-7,12,14-15,18H,8-10H2,1-3H3;3-6,10,12-13,17,20H,7-9H2,1-2H3;1H3;1H/t12-,14?,15+,18-,19-;10-,12?,13+,17-,18-;;/m00../s1. The van der Waals surface area contributed by atoms with Crippen molar-refractivity contribution in [3.05, 3.63) is 76.4 Å². The largest absolute Gasteiger partial charge is 0.504 e. The maximum Gasteiger partial charge on any atom is 0.165 e. The Morgan fingerprint density at radius 2 is 1.24 bits per heavy atom. The summed E-state index contributed by atoms with van der Waals surface area (Å²) in [6.07, 6.45) is 14.9. The lowest BCUT2D eigenvalue weighted by atomic mass is 9.52. The third-order valence-electron chi connectivity index (χ3n) is 13.1. The first-order valence-corrected chi connectivity index (χ1v) is 17.1. The summed E-state index contributed by atoms with van der Waals surface area (Å²) in [5, 5.41) is 17.6. The molecular formula is C39H48ClN3O3. The SMILES string of the molecule is CC#N.C[C@H]1C=CC2[C@H]3Cc4ccc(O)c5c4[C@@]2(CCN3C)[C@H]1O5.Cc1ccc2c3c1O[C@H]1[C@@H](C)C=CC4[C@@H](C2)N(C)CC[C@@]341.Cl. The molecule has 2 saturated heterocycles. The molecule has 2 unspecified atom stereocenters. The average Bonchev–Trinajstić information content (AvgIpc) is 3.57. The van der Waals surface area contributed by atoms with Gasteiger partial charge in [-0.25, -0.2) is 0 Å². The molecule has 0 amide bonds. The molecule has 4 heterocycles. The lowest BCUT2D eigenvalue weighted by Gasteiger charge is -2.56. The summed E-state index contributed by atoms with van der Waals surface area (Å²) in [7, 11) is 4.55. The summed E-state index contributed by atoms with van der Waals surface area (Å²) in [5.74, 6) is 4.40. The summed E-state index contributed by atoms with van der Waals surface area (Å²) >= 11 is 0. The normalized spacial score (nSPS) is 39.1. The molecule has 2 spiro atoms. The highest BCUT2D eigenvalue weighted by Crippen LogP contribution is 2.64. The smallest absolute Gasteiger partial charge is 0.165 e. The van der Waals surface area contributed by atoms with Crippen LogP contribution in [-0.2, 0) is 23.7 Å². The number of rotatable bonds is 0. The Hall–Kier alpha value is -2.98. The van der Waals surface area contributed by atoms with Crippen LogP contribution < -0.4 is 9.47 Å². The molecule has 8 aliphatic rings. The minimum Gasteiger partial charge on any atom is -0.504 e. The molecule has 244 valence electrons. The molecule has 2 aromatic carbocycles. The van der Waals surface area contributed by atoms with Crippen molar-refractivity contribution in [1.29, 1.82) is 5.26 Å². The molecule has 0 aromatic heterocycles. The van der Waals surface area contributed by atoms with E-state index in [0.717, 1.165) is 25.1 Å². The number of phenols is 1. The van der Waals surface area contributed by atoms with E-state index in [1.807, 2.05) is 6.07 Å². The van der Waals surface area contributed by atoms with Crippen molar-refractivity contribution in [1.82, 2.24) is 9.80 Å². The Bertz CT molecular complexity index is 1550. The summed E-state index contributed by atoms with van der Waals surface area (Å²) < 4.78 is 12.9. The van der Waals surface area contributed by atoms with E-state index in [9.17, 15) is 5.11 Å². The van der Waals surface area contributed by atoms with Crippen LogP contribution in [0.4, 0.5) is 0 Å². The van der Waals surface area contributed by atoms with Crippen LogP contribution in [-0.4, -0.2) is 66.4 Å². The van der Waals surface area contributed by atoms with Crippen LogP contribution >= 0.6 is 12.4 Å². The number of nitriles is 1. The van der Waals surface area contributed by atoms with Gasteiger partial charge in [0.15, 0.2) is 11.5 Å². The van der Waals surface area contributed by atoms with Crippen LogP contribution in [0.15, 0.2) is 48.6 Å². The highest BCUT2D eigenvalue weighted by atomic mass is 35.5. The zero-order chi connectivity index (χ0) is 31.4. The molecule has 1 N–H and O–H groups in total. The molecule has 2 aromatic rings. The van der Waals surface area contributed by atoms with Gasteiger partial charge in [-0.3, -0.25) is 0 Å². The Kier molecular flexibility index (Phi) is 7.59. The van der Waals surface area contributed by atoms with E-state index in [1.54, 1.807) is 17.2 Å². The summed E-state index contributed by atoms with van der Waals surface area (Å²) in [4.78, 5) is 5.09. The molecule has 46 heavy (non-hydrogen) atoms. The van der Waals surface area contributed by atoms with Gasteiger partial charge in [0.25, 0.3) is 0 Å². The van der Waals surface area contributed by atoms with Gasteiger partial charge < -0.3 is 24.4 Å². The van der Waals surface area contributed by atoms with Crippen molar-refractivity contribution in [3.63, 3.8) is 0 Å². The third kappa shape index (κ3) is 3.95. The number of aryl methyl sites for hydroxylation is 1. The number of nitrogens with zero attached hydrogens (tertiary/aromatic N) is 3. The molecule has 0 radical (unpaired) electrons. The molecular weight excluding hydrogens is 594 g/mol. The lowest BCUT2D eigenvalue weighted by molar-refractivity contribution is -0.0143. The van der Waals surface area contributed by atoms with E-state index in [2.05, 4.69) is 87.2 Å². The van der Waals surface area contributed by atoms with Gasteiger partial charge >= 0.3 is 0 Å². The Morgan fingerprint density at radius 3 is 1.76 bits per heavy atom. The van der Waals surface area contributed by atoms with E-state index >= 15 is 0 Å². The van der Waals surface area contributed by atoms with Gasteiger partial charge in [-0.1, -0.05) is 56.4 Å². The average molecular weight is 642 g/mol. The maximum absolute atomic E-state index is 10.3. The van der Waals surface area contributed by atoms with Gasteiger partial charge in [0.05, 0.1) is 6.07 Å². The fourth-order valence-corrected chi connectivity index (χ4v) is 11.2. The molecule has 4 aliphatic carbocycles. The van der Waals surface area contributed by atoms with Crippen LogP contribution in [0.1, 0.15) is 61.4 Å². The zero-order valence-corrected chi connectivity index (χ0v) is 28.8. The Labute approximate surface area is 280 Å². The van der Waals surface area contributed by atoms with Gasteiger partial charge in [0.1, 0.15) is 18.0 Å². The van der Waals surface area contributed by atoms with Crippen LogP contribution in [0.3, 0.4) is 0 Å². The Morgan fingerprint density at radius 1 is 0.783 bits per heavy atom. The number of piperidine rings is 2. The molecule has 4 aliphatic heterocycles. The number of hydrogen-bond acceptors (Lipinski definition) is 6. The van der Waals surface area contributed by atoms with Crippen LogP contribution in [0.5, 0.6) is 17.2 Å². The summed E-state index contributed by atoms with van der Waals surface area (Å²) in [6.45, 7) is 10.5. The number of likely N-dealkylation sites (N-methyl/N-ethyl adjacent to an activating group) is 2. The highest BCUT2D eigenvalue weighted by molar-refractivity contribution is 5.85. The van der Waals surface area contributed by atoms with Crippen molar-refractivity contribution >= 4 is 12.4 Å². The van der Waals surface area contributed by atoms with Crippen molar-refractivity contribution in [3.8, 4) is 23.3 Å². The molecule has 2 fully saturated rings. The molecule has 0 saturated carbocycles. The van der Waals surface area contributed by atoms with Gasteiger partial charge in [-0.2, -0.15) is 5.26 Å². The van der Waals surface area contributed by atoms with Gasteiger partial charge in [-0.05, 0) is 82.5 Å². The number of phenolic OH excluding ortho intramolecular Hbond substituents is 1. The van der Waals surface area contributed by atoms with E-state index in [4.69, 9.17) is 14.7 Å². The second-order valence-electron chi connectivity index (χ2n) is 15.1. The quantitative estimate of drug-likeness (QED) is 0.331. The molecule has 7 heteroatoms. The zero-order valence-electron chi connectivity index (χ0n) is 28.0. The van der Waals surface area contributed by atoms with Crippen molar-refractivity contribution < 1.29 is 14.6 Å². The number of hydrogen-bond donors (Lipinski definition) is 1. The number of likely N-dealkylation sites (tertiary alicyclic amines) is 2. The van der Waals surface area contributed by atoms with Crippen LogP contribution in [0.2, 0.25) is 0 Å². The fraction of sp³-hybridized carbons (Fsp3) is 0.564. The second kappa shape index (κ2) is 11.0. The third-order valence-corrected chi connectivity index (χ3v) is 13.1. The van der Waals surface area contributed by atoms with E-state index < -0.39 is 0 Å². The minimum atomic E-state index is 0. The highest BCUT2D eigenvalue weighted by Gasteiger charge is 2.64. The van der Waals surface area contributed by atoms with E-state index in [-0.39, 0.29) is 29.3 Å². The van der Waals surface area contributed by atoms with Crippen molar-refractivity contribution in [2.75, 3.05) is 27.2 Å². The molecule has 10 atom stereocenters. The predicted octanol–water partition coefficient (Wildman–Crippen LogP) is 6.50. The van der Waals surface area contributed by atoms with Crippen molar-refractivity contribution in [2.45, 2.75) is 88.5 Å². The summed E-state index contributed by atoms with van der Waals surface area (Å²) in [6, 6.07) is 11.5. The van der Waals surface area contributed by atoms with Crippen molar-refractivity contribution in [2.24, 2.45) is 23.7 Å². The summed E-state index contributed by atoms with van der Waals surface area (Å²) in [5.41, 5.74) is 7.51. The first-order valence-electron chi connectivity index (χ1n) is 17.1. The molecule has 6 nitrogen and oxygen atoms in total. The number of halogens is 1. The minimum absolute atomic E-state index is 0. The molecule has 10 rings (SSSR count). The first kappa shape index (κ1) is 31.6.